The molecule has 0 saturated carbocycles. The number of carbonyl (C=O) groups excluding carboxylic acids is 1. The summed E-state index contributed by atoms with van der Waals surface area (Å²) >= 11 is 0. The van der Waals surface area contributed by atoms with Gasteiger partial charge in [-0.15, -0.1) is 0 Å². The largest absolute Gasteiger partial charge is 0.443 e. The van der Waals surface area contributed by atoms with Crippen LogP contribution in [0.5, 0.6) is 0 Å². The van der Waals surface area contributed by atoms with Crippen LogP contribution in [0, 0.1) is 0 Å². The second kappa shape index (κ2) is 9.19. The van der Waals surface area contributed by atoms with Gasteiger partial charge < -0.3 is 14.8 Å². The smallest absolute Gasteiger partial charge is 0.422 e. The lowest BCUT2D eigenvalue weighted by Crippen LogP contribution is -2.44. The third kappa shape index (κ3) is 10.5. The molecular formula is C12H27N3O5S. The van der Waals surface area contributed by atoms with Gasteiger partial charge in [-0.2, -0.15) is 12.7 Å². The van der Waals surface area contributed by atoms with E-state index in [0.29, 0.717) is 19.6 Å². The Labute approximate surface area is 127 Å². The van der Waals surface area contributed by atoms with E-state index in [2.05, 4.69) is 5.32 Å². The topological polar surface area (TPSA) is 97.0 Å². The Hall–Kier alpha value is -0.900. The van der Waals surface area contributed by atoms with Gasteiger partial charge in [0.05, 0.1) is 6.61 Å². The summed E-state index contributed by atoms with van der Waals surface area (Å²) in [5.41, 5.74) is -0.751. The lowest BCUT2D eigenvalue weighted by Gasteiger charge is -2.22. The highest BCUT2D eigenvalue weighted by atomic mass is 32.2. The number of likely N-dealkylation sites (N-methyl/N-ethyl adjacent to an activating group) is 1. The van der Waals surface area contributed by atoms with Crippen molar-refractivity contribution in [1.82, 2.24) is 14.3 Å². The number of hydrogen-bond acceptors (Lipinski definition) is 6. The molecule has 0 atom stereocenters. The van der Waals surface area contributed by atoms with E-state index in [0.717, 1.165) is 10.8 Å². The van der Waals surface area contributed by atoms with Crippen LogP contribution in [0.15, 0.2) is 0 Å². The van der Waals surface area contributed by atoms with E-state index in [4.69, 9.17) is 9.47 Å². The van der Waals surface area contributed by atoms with Crippen molar-refractivity contribution >= 4 is 16.3 Å². The van der Waals surface area contributed by atoms with E-state index < -0.39 is 21.9 Å². The molecule has 0 aromatic heterocycles. The van der Waals surface area contributed by atoms with Crippen LogP contribution in [-0.2, 0) is 19.7 Å². The van der Waals surface area contributed by atoms with Gasteiger partial charge >= 0.3 is 16.3 Å². The van der Waals surface area contributed by atoms with Crippen molar-refractivity contribution in [2.75, 3.05) is 40.4 Å². The Balaban J connectivity index is 4.10. The molecule has 0 bridgehead atoms. The number of carbonyl (C=O) groups is 1. The molecule has 0 aliphatic heterocycles. The lowest BCUT2D eigenvalue weighted by molar-refractivity contribution is 0.0567. The van der Waals surface area contributed by atoms with Crippen LogP contribution < -0.4 is 10.0 Å². The molecule has 0 saturated heterocycles. The molecule has 126 valence electrons. The van der Waals surface area contributed by atoms with Crippen LogP contribution in [0.1, 0.15) is 27.2 Å². The van der Waals surface area contributed by atoms with Crippen LogP contribution >= 0.6 is 0 Å². The molecule has 0 rings (SSSR count). The minimum atomic E-state index is -3.89. The SMILES string of the molecule is CNCCOCCCN(C)S(=O)(=O)NC(=O)OC(C)(C)C. The summed E-state index contributed by atoms with van der Waals surface area (Å²) in [6.07, 6.45) is -0.449. The van der Waals surface area contributed by atoms with Gasteiger partial charge in [-0.3, -0.25) is 0 Å². The minimum absolute atomic E-state index is 0.248. The highest BCUT2D eigenvalue weighted by molar-refractivity contribution is 7.87. The molecule has 0 spiro atoms. The third-order valence-electron chi connectivity index (χ3n) is 2.28. The number of nitrogens with one attached hydrogen (secondary N) is 2. The van der Waals surface area contributed by atoms with Crippen molar-refractivity contribution in [1.29, 1.82) is 0 Å². The molecule has 2 N–H and O–H groups in total. The summed E-state index contributed by atoms with van der Waals surface area (Å²) in [5, 5.41) is 2.94. The zero-order chi connectivity index (χ0) is 16.5. The van der Waals surface area contributed by atoms with Crippen LogP contribution in [0.3, 0.4) is 0 Å². The number of nitrogens with zero attached hydrogens (tertiary/aromatic N) is 1. The molecule has 0 radical (unpaired) electrons. The van der Waals surface area contributed by atoms with Gasteiger partial charge in [0.15, 0.2) is 0 Å². The summed E-state index contributed by atoms with van der Waals surface area (Å²) in [4.78, 5) is 11.5. The first kappa shape index (κ1) is 20.1. The minimum Gasteiger partial charge on any atom is -0.443 e. The van der Waals surface area contributed by atoms with Crippen LogP contribution in [-0.4, -0.2) is 64.8 Å². The quantitative estimate of drug-likeness (QED) is 0.592. The summed E-state index contributed by atoms with van der Waals surface area (Å²) < 4.78 is 36.8. The summed E-state index contributed by atoms with van der Waals surface area (Å²) in [7, 11) is -0.674. The van der Waals surface area contributed by atoms with E-state index in [-0.39, 0.29) is 6.54 Å². The molecule has 0 unspecified atom stereocenters. The first-order valence-electron chi connectivity index (χ1n) is 6.78. The van der Waals surface area contributed by atoms with E-state index in [1.54, 1.807) is 20.8 Å². The number of ether oxygens (including phenoxy) is 2. The Morgan fingerprint density at radius 2 is 1.86 bits per heavy atom. The fraction of sp³-hybridized carbons (Fsp3) is 0.917. The summed E-state index contributed by atoms with van der Waals surface area (Å²) in [6.45, 7) is 6.99. The van der Waals surface area contributed by atoms with Gasteiger partial charge in [0.25, 0.3) is 0 Å². The Kier molecular flexibility index (Phi) is 8.79. The van der Waals surface area contributed by atoms with Gasteiger partial charge in [-0.25, -0.2) is 9.52 Å². The standard InChI is InChI=1S/C12H27N3O5S/c1-12(2,3)20-11(16)14-21(17,18)15(5)8-6-9-19-10-7-13-4/h13H,6-10H2,1-5H3,(H,14,16). The Morgan fingerprint density at radius 1 is 1.24 bits per heavy atom. The summed E-state index contributed by atoms with van der Waals surface area (Å²) in [6, 6.07) is 0. The van der Waals surface area contributed by atoms with Crippen molar-refractivity contribution in [3.8, 4) is 0 Å². The zero-order valence-electron chi connectivity index (χ0n) is 13.4. The van der Waals surface area contributed by atoms with Crippen molar-refractivity contribution in [3.63, 3.8) is 0 Å². The zero-order valence-corrected chi connectivity index (χ0v) is 14.2. The third-order valence-corrected chi connectivity index (χ3v) is 3.71. The number of hydrogen-bond donors (Lipinski definition) is 2. The average Bonchev–Trinajstić information content (AvgIpc) is 2.29. The molecule has 0 heterocycles. The molecule has 8 nitrogen and oxygen atoms in total. The molecule has 0 aliphatic rings. The fourth-order valence-electron chi connectivity index (χ4n) is 1.27. The molecule has 21 heavy (non-hydrogen) atoms. The number of amides is 1. The second-order valence-corrected chi connectivity index (χ2v) is 7.28. The Bertz CT molecular complexity index is 406. The molecule has 0 aromatic carbocycles. The van der Waals surface area contributed by atoms with Crippen molar-refractivity contribution in [2.24, 2.45) is 0 Å². The maximum absolute atomic E-state index is 11.9. The summed E-state index contributed by atoms with van der Waals surface area (Å²) in [5.74, 6) is 0. The first-order chi connectivity index (χ1) is 9.58. The van der Waals surface area contributed by atoms with Crippen molar-refractivity contribution in [2.45, 2.75) is 32.8 Å². The van der Waals surface area contributed by atoms with Crippen molar-refractivity contribution in [3.05, 3.63) is 0 Å². The fourth-order valence-corrected chi connectivity index (χ4v) is 2.05. The molecule has 0 fully saturated rings. The lowest BCUT2D eigenvalue weighted by atomic mass is 10.2. The predicted octanol–water partition coefficient (Wildman–Crippen LogP) is 0.314. The second-order valence-electron chi connectivity index (χ2n) is 5.50. The van der Waals surface area contributed by atoms with E-state index in [1.807, 2.05) is 11.8 Å². The van der Waals surface area contributed by atoms with Gasteiger partial charge in [0.1, 0.15) is 5.60 Å². The van der Waals surface area contributed by atoms with Crippen LogP contribution in [0.4, 0.5) is 4.79 Å². The first-order valence-corrected chi connectivity index (χ1v) is 8.22. The monoisotopic (exact) mass is 325 g/mol. The van der Waals surface area contributed by atoms with Crippen LogP contribution in [0.2, 0.25) is 0 Å². The van der Waals surface area contributed by atoms with E-state index in [1.165, 1.54) is 7.05 Å². The Morgan fingerprint density at radius 3 is 2.38 bits per heavy atom. The predicted molar refractivity (Wildman–Crippen MR) is 80.3 cm³/mol. The van der Waals surface area contributed by atoms with Crippen LogP contribution in [0.25, 0.3) is 0 Å². The highest BCUT2D eigenvalue weighted by Crippen LogP contribution is 2.07. The van der Waals surface area contributed by atoms with E-state index >= 15 is 0 Å². The molecular weight excluding hydrogens is 298 g/mol. The van der Waals surface area contributed by atoms with Crippen molar-refractivity contribution < 1.29 is 22.7 Å². The van der Waals surface area contributed by atoms with Gasteiger partial charge in [0, 0.05) is 26.7 Å². The number of rotatable bonds is 9. The molecule has 0 aliphatic carbocycles. The normalized spacial score (nSPS) is 12.5. The van der Waals surface area contributed by atoms with E-state index in [9.17, 15) is 13.2 Å². The van der Waals surface area contributed by atoms with Gasteiger partial charge in [-0.1, -0.05) is 0 Å². The molecule has 9 heteroatoms. The molecule has 0 aromatic rings. The average molecular weight is 325 g/mol. The van der Waals surface area contributed by atoms with Gasteiger partial charge in [0.2, 0.25) is 0 Å². The highest BCUT2D eigenvalue weighted by Gasteiger charge is 2.24. The molecule has 1 amide bonds. The maximum atomic E-state index is 11.9. The van der Waals surface area contributed by atoms with Gasteiger partial charge in [-0.05, 0) is 34.2 Å². The maximum Gasteiger partial charge on any atom is 0.422 e.